The average Bonchev–Trinajstić information content (AvgIpc) is 2.67. The Labute approximate surface area is 161 Å². The fraction of sp³-hybridized carbons (Fsp3) is 0.409. The monoisotopic (exact) mass is 371 g/mol. The van der Waals surface area contributed by atoms with Gasteiger partial charge in [-0.1, -0.05) is 19.1 Å². The highest BCUT2D eigenvalue weighted by atomic mass is 16.5. The van der Waals surface area contributed by atoms with Crippen molar-refractivity contribution in [3.8, 4) is 17.2 Å². The third-order valence-electron chi connectivity index (χ3n) is 4.69. The van der Waals surface area contributed by atoms with Crippen molar-refractivity contribution in [2.75, 3.05) is 14.2 Å². The van der Waals surface area contributed by atoms with Crippen molar-refractivity contribution in [1.82, 2.24) is 5.32 Å². The number of amides is 1. The van der Waals surface area contributed by atoms with Gasteiger partial charge in [0.15, 0.2) is 17.6 Å². The number of carbonyl (C=O) groups excluding carboxylic acids is 1. The van der Waals surface area contributed by atoms with Gasteiger partial charge in [0.25, 0.3) is 5.91 Å². The fourth-order valence-electron chi connectivity index (χ4n) is 2.79. The molecule has 2 rings (SSSR count). The van der Waals surface area contributed by atoms with Gasteiger partial charge < -0.3 is 19.5 Å². The summed E-state index contributed by atoms with van der Waals surface area (Å²) in [6, 6.07) is 11.3. The van der Waals surface area contributed by atoms with Crippen LogP contribution in [0.25, 0.3) is 0 Å². The van der Waals surface area contributed by atoms with Crippen LogP contribution >= 0.6 is 0 Å². The van der Waals surface area contributed by atoms with Gasteiger partial charge in [-0.2, -0.15) is 0 Å². The van der Waals surface area contributed by atoms with Crippen molar-refractivity contribution in [2.24, 2.45) is 0 Å². The normalized spacial score (nSPS) is 12.8. The van der Waals surface area contributed by atoms with Gasteiger partial charge in [-0.25, -0.2) is 0 Å². The summed E-state index contributed by atoms with van der Waals surface area (Å²) >= 11 is 0. The molecule has 0 spiro atoms. The molecule has 0 aliphatic rings. The minimum Gasteiger partial charge on any atom is -0.493 e. The summed E-state index contributed by atoms with van der Waals surface area (Å²) in [5.41, 5.74) is 3.27. The number of ether oxygens (including phenoxy) is 3. The number of hydrogen-bond donors (Lipinski definition) is 1. The summed E-state index contributed by atoms with van der Waals surface area (Å²) in [6.07, 6.45) is 0.0342. The zero-order valence-corrected chi connectivity index (χ0v) is 17.0. The van der Waals surface area contributed by atoms with Gasteiger partial charge in [0.2, 0.25) is 0 Å². The molecule has 1 N–H and O–H groups in total. The largest absolute Gasteiger partial charge is 0.493 e. The average molecular weight is 371 g/mol. The van der Waals surface area contributed by atoms with E-state index >= 15 is 0 Å². The summed E-state index contributed by atoms with van der Waals surface area (Å²) in [7, 11) is 3.19. The number of methoxy groups -OCH3 is 2. The van der Waals surface area contributed by atoms with Gasteiger partial charge in [-0.05, 0) is 68.1 Å². The fourth-order valence-corrected chi connectivity index (χ4v) is 2.79. The van der Waals surface area contributed by atoms with Gasteiger partial charge >= 0.3 is 0 Å². The van der Waals surface area contributed by atoms with Crippen LogP contribution in [0, 0.1) is 13.8 Å². The van der Waals surface area contributed by atoms with E-state index in [2.05, 4.69) is 5.32 Å². The molecule has 0 fully saturated rings. The van der Waals surface area contributed by atoms with Crippen LogP contribution in [0.2, 0.25) is 0 Å². The Hall–Kier alpha value is -2.69. The van der Waals surface area contributed by atoms with Crippen LogP contribution in [0.1, 0.15) is 43.0 Å². The smallest absolute Gasteiger partial charge is 0.261 e. The molecule has 0 aliphatic carbocycles. The Morgan fingerprint density at radius 1 is 1.00 bits per heavy atom. The molecule has 2 aromatic rings. The molecule has 0 heterocycles. The molecule has 0 aliphatic heterocycles. The Morgan fingerprint density at radius 3 is 2.30 bits per heavy atom. The molecule has 1 amide bonds. The second-order valence-corrected chi connectivity index (χ2v) is 6.61. The number of carbonyl (C=O) groups is 1. The highest BCUT2D eigenvalue weighted by Crippen LogP contribution is 2.30. The van der Waals surface area contributed by atoms with E-state index in [1.165, 1.54) is 5.56 Å². The lowest BCUT2D eigenvalue weighted by atomic mass is 10.1. The van der Waals surface area contributed by atoms with E-state index in [0.717, 1.165) is 11.1 Å². The maximum Gasteiger partial charge on any atom is 0.261 e. The summed E-state index contributed by atoms with van der Waals surface area (Å²) in [5, 5.41) is 3.02. The quantitative estimate of drug-likeness (QED) is 0.749. The predicted octanol–water partition coefficient (Wildman–Crippen LogP) is 4.36. The van der Waals surface area contributed by atoms with E-state index in [1.807, 2.05) is 64.1 Å². The van der Waals surface area contributed by atoms with E-state index in [4.69, 9.17) is 14.2 Å². The molecule has 0 saturated heterocycles. The van der Waals surface area contributed by atoms with Crippen molar-refractivity contribution in [1.29, 1.82) is 0 Å². The Kier molecular flexibility index (Phi) is 7.11. The van der Waals surface area contributed by atoms with Gasteiger partial charge in [0.05, 0.1) is 20.3 Å². The van der Waals surface area contributed by atoms with Crippen LogP contribution in [-0.4, -0.2) is 26.2 Å². The maximum absolute atomic E-state index is 12.7. The van der Waals surface area contributed by atoms with Crippen molar-refractivity contribution in [3.63, 3.8) is 0 Å². The van der Waals surface area contributed by atoms with E-state index in [9.17, 15) is 4.79 Å². The van der Waals surface area contributed by atoms with Crippen LogP contribution in [0.3, 0.4) is 0 Å². The lowest BCUT2D eigenvalue weighted by Crippen LogP contribution is -2.39. The van der Waals surface area contributed by atoms with Crippen molar-refractivity contribution in [3.05, 3.63) is 53.1 Å². The zero-order valence-electron chi connectivity index (χ0n) is 17.0. The number of aryl methyl sites for hydroxylation is 2. The highest BCUT2D eigenvalue weighted by molar-refractivity contribution is 5.81. The first-order valence-corrected chi connectivity index (χ1v) is 9.15. The SMILES string of the molecule is CC[C@H](Oc1ccc(C)c(C)c1)C(=O)N[C@H](C)c1ccc(OC)c(OC)c1. The third kappa shape index (κ3) is 5.16. The first kappa shape index (κ1) is 20.6. The molecule has 5 nitrogen and oxygen atoms in total. The highest BCUT2D eigenvalue weighted by Gasteiger charge is 2.21. The third-order valence-corrected chi connectivity index (χ3v) is 4.69. The van der Waals surface area contributed by atoms with Gasteiger partial charge in [-0.15, -0.1) is 0 Å². The maximum atomic E-state index is 12.7. The topological polar surface area (TPSA) is 56.8 Å². The molecule has 0 unspecified atom stereocenters. The molecule has 0 saturated carbocycles. The van der Waals surface area contributed by atoms with Crippen molar-refractivity contribution in [2.45, 2.75) is 46.3 Å². The summed E-state index contributed by atoms with van der Waals surface area (Å²) in [4.78, 5) is 12.7. The minimum absolute atomic E-state index is 0.141. The van der Waals surface area contributed by atoms with Gasteiger partial charge in [0, 0.05) is 0 Å². The number of hydrogen-bond acceptors (Lipinski definition) is 4. The van der Waals surface area contributed by atoms with Crippen LogP contribution in [0.4, 0.5) is 0 Å². The molecule has 0 aromatic heterocycles. The van der Waals surface area contributed by atoms with Gasteiger partial charge in [0.1, 0.15) is 5.75 Å². The van der Waals surface area contributed by atoms with Crippen LogP contribution in [0.5, 0.6) is 17.2 Å². The second-order valence-electron chi connectivity index (χ2n) is 6.61. The Balaban J connectivity index is 2.07. The van der Waals surface area contributed by atoms with Crippen molar-refractivity contribution >= 4 is 5.91 Å². The molecule has 146 valence electrons. The molecular weight excluding hydrogens is 342 g/mol. The summed E-state index contributed by atoms with van der Waals surface area (Å²) in [6.45, 7) is 7.95. The lowest BCUT2D eigenvalue weighted by molar-refractivity contribution is -0.128. The number of benzene rings is 2. The van der Waals surface area contributed by atoms with Crippen LogP contribution < -0.4 is 19.5 Å². The van der Waals surface area contributed by atoms with Crippen LogP contribution in [0.15, 0.2) is 36.4 Å². The first-order valence-electron chi connectivity index (χ1n) is 9.15. The van der Waals surface area contributed by atoms with E-state index in [0.29, 0.717) is 23.7 Å². The Bertz CT molecular complexity index is 788. The Morgan fingerprint density at radius 2 is 1.70 bits per heavy atom. The molecule has 5 heteroatoms. The van der Waals surface area contributed by atoms with Crippen molar-refractivity contribution < 1.29 is 19.0 Å². The minimum atomic E-state index is -0.547. The van der Waals surface area contributed by atoms with Crippen LogP contribution in [-0.2, 0) is 4.79 Å². The lowest BCUT2D eigenvalue weighted by Gasteiger charge is -2.21. The standard InChI is InChI=1S/C22H29NO4/c1-7-19(27-18-10-8-14(2)15(3)12-18)22(24)23-16(4)17-9-11-20(25-5)21(13-17)26-6/h8-13,16,19H,7H2,1-6H3,(H,23,24)/t16-,19+/m1/s1. The first-order chi connectivity index (χ1) is 12.9. The second kappa shape index (κ2) is 9.31. The molecule has 0 radical (unpaired) electrons. The number of rotatable bonds is 8. The van der Waals surface area contributed by atoms with E-state index in [1.54, 1.807) is 14.2 Å². The molecule has 27 heavy (non-hydrogen) atoms. The number of nitrogens with one attached hydrogen (secondary N) is 1. The summed E-state index contributed by atoms with van der Waals surface area (Å²) < 4.78 is 16.5. The molecule has 2 atom stereocenters. The zero-order chi connectivity index (χ0) is 20.0. The molecule has 0 bridgehead atoms. The summed E-state index contributed by atoms with van der Waals surface area (Å²) in [5.74, 6) is 1.86. The van der Waals surface area contributed by atoms with E-state index in [-0.39, 0.29) is 11.9 Å². The van der Waals surface area contributed by atoms with E-state index < -0.39 is 6.10 Å². The van der Waals surface area contributed by atoms with Gasteiger partial charge in [-0.3, -0.25) is 4.79 Å². The predicted molar refractivity (Wildman–Crippen MR) is 107 cm³/mol. The molecule has 2 aromatic carbocycles. The molecular formula is C22H29NO4.